The molecule has 0 aliphatic rings. The fraction of sp³-hybridized carbons (Fsp3) is 0.778. The van der Waals surface area contributed by atoms with Gasteiger partial charge in [0.2, 0.25) is 6.19 Å². The Bertz CT molecular complexity index is 223. The minimum Gasteiger partial charge on any atom is -0.350 e. The van der Waals surface area contributed by atoms with Crippen molar-refractivity contribution in [2.45, 2.75) is 19.4 Å². The van der Waals surface area contributed by atoms with Crippen molar-refractivity contribution in [3.05, 3.63) is 0 Å². The van der Waals surface area contributed by atoms with E-state index in [-0.39, 0.29) is 0 Å². The molecule has 0 saturated carbocycles. The first kappa shape index (κ1) is 13.7. The van der Waals surface area contributed by atoms with Gasteiger partial charge in [-0.3, -0.25) is 0 Å². The van der Waals surface area contributed by atoms with Crippen LogP contribution in [0.5, 0.6) is 0 Å². The number of thioether (sulfide) groups is 2. The summed E-state index contributed by atoms with van der Waals surface area (Å²) in [5.74, 6) is 1.07. The van der Waals surface area contributed by atoms with E-state index in [4.69, 9.17) is 5.26 Å². The maximum absolute atomic E-state index is 8.52. The van der Waals surface area contributed by atoms with E-state index in [9.17, 15) is 0 Å². The molecule has 0 amide bonds. The largest absolute Gasteiger partial charge is 0.350 e. The van der Waals surface area contributed by atoms with Gasteiger partial charge in [-0.15, -0.1) is 4.99 Å². The van der Waals surface area contributed by atoms with Crippen LogP contribution < -0.4 is 0 Å². The molecule has 5 heteroatoms. The van der Waals surface area contributed by atoms with Crippen LogP contribution in [0, 0.1) is 11.5 Å². The lowest BCUT2D eigenvalue weighted by atomic mass is 10.2. The van der Waals surface area contributed by atoms with E-state index in [0.29, 0.717) is 6.04 Å². The molecular weight excluding hydrogens is 214 g/mol. The molecule has 0 aromatic rings. The Labute approximate surface area is 95.0 Å². The lowest BCUT2D eigenvalue weighted by molar-refractivity contribution is 0.393. The highest BCUT2D eigenvalue weighted by molar-refractivity contribution is 8.13. The Morgan fingerprint density at radius 1 is 1.57 bits per heavy atom. The lowest BCUT2D eigenvalue weighted by Gasteiger charge is -2.28. The number of hydrogen-bond acceptors (Lipinski definition) is 4. The number of hydrogen-bond donors (Lipinski definition) is 0. The van der Waals surface area contributed by atoms with Gasteiger partial charge in [0, 0.05) is 18.8 Å². The summed E-state index contributed by atoms with van der Waals surface area (Å²) in [7, 11) is 2.00. The molecule has 14 heavy (non-hydrogen) atoms. The van der Waals surface area contributed by atoms with E-state index >= 15 is 0 Å². The van der Waals surface area contributed by atoms with Gasteiger partial charge in [-0.2, -0.15) is 17.0 Å². The van der Waals surface area contributed by atoms with E-state index in [1.165, 1.54) is 11.8 Å². The van der Waals surface area contributed by atoms with Gasteiger partial charge >= 0.3 is 0 Å². The zero-order valence-electron chi connectivity index (χ0n) is 9.15. The summed E-state index contributed by atoms with van der Waals surface area (Å²) in [5, 5.41) is 9.32. The monoisotopic (exact) mass is 231 g/mol. The summed E-state index contributed by atoms with van der Waals surface area (Å²) in [6.45, 7) is 2.15. The first-order valence-corrected chi connectivity index (χ1v) is 7.05. The number of amidine groups is 1. The number of nitriles is 1. The molecule has 0 fully saturated rings. The quantitative estimate of drug-likeness (QED) is 0.423. The summed E-state index contributed by atoms with van der Waals surface area (Å²) in [5.41, 5.74) is 0. The molecular formula is C9H17N3S2. The summed E-state index contributed by atoms with van der Waals surface area (Å²) in [6, 6.07) is 0.463. The van der Waals surface area contributed by atoms with Crippen LogP contribution in [0.1, 0.15) is 13.3 Å². The number of rotatable bonds is 4. The first-order valence-electron chi connectivity index (χ1n) is 4.43. The summed E-state index contributed by atoms with van der Waals surface area (Å²) in [6.07, 6.45) is 6.95. The summed E-state index contributed by atoms with van der Waals surface area (Å²) >= 11 is 3.34. The zero-order chi connectivity index (χ0) is 11.0. The molecule has 0 aromatic carbocycles. The Balaban J connectivity index is 4.46. The molecule has 1 unspecified atom stereocenters. The van der Waals surface area contributed by atoms with Crippen molar-refractivity contribution in [3.63, 3.8) is 0 Å². The standard InChI is InChI=1S/C9H17N3S2/c1-5-8(6-13-3)12(2)9(14-4)11-7-10/h8H,5-6H2,1-4H3. The van der Waals surface area contributed by atoms with Crippen LogP contribution in [0.3, 0.4) is 0 Å². The Hall–Kier alpha value is -0.340. The second kappa shape index (κ2) is 8.01. The summed E-state index contributed by atoms with van der Waals surface area (Å²) in [4.78, 5) is 5.88. The van der Waals surface area contributed by atoms with Crippen LogP contribution in [0.4, 0.5) is 0 Å². The molecule has 0 heterocycles. The Kier molecular flexibility index (Phi) is 7.81. The van der Waals surface area contributed by atoms with Crippen molar-refractivity contribution in [2.75, 3.05) is 25.3 Å². The highest BCUT2D eigenvalue weighted by Crippen LogP contribution is 2.13. The summed E-state index contributed by atoms with van der Waals surface area (Å²) < 4.78 is 0. The van der Waals surface area contributed by atoms with E-state index in [0.717, 1.165) is 17.3 Å². The van der Waals surface area contributed by atoms with Crippen LogP contribution in [0.15, 0.2) is 4.99 Å². The molecule has 0 rings (SSSR count). The van der Waals surface area contributed by atoms with Gasteiger partial charge in [-0.05, 0) is 18.9 Å². The topological polar surface area (TPSA) is 39.4 Å². The van der Waals surface area contributed by atoms with Crippen molar-refractivity contribution >= 4 is 28.7 Å². The van der Waals surface area contributed by atoms with Crippen molar-refractivity contribution in [1.29, 1.82) is 5.26 Å². The predicted octanol–water partition coefficient (Wildman–Crippen LogP) is 2.26. The van der Waals surface area contributed by atoms with Crippen molar-refractivity contribution < 1.29 is 0 Å². The molecule has 0 radical (unpaired) electrons. The molecule has 0 saturated heterocycles. The highest BCUT2D eigenvalue weighted by Gasteiger charge is 2.15. The highest BCUT2D eigenvalue weighted by atomic mass is 32.2. The minimum atomic E-state index is 0.463. The third kappa shape index (κ3) is 4.25. The normalized spacial score (nSPS) is 13.5. The number of aliphatic imine (C=N–C) groups is 1. The average Bonchev–Trinajstić information content (AvgIpc) is 2.21. The zero-order valence-corrected chi connectivity index (χ0v) is 10.8. The molecule has 0 aliphatic carbocycles. The van der Waals surface area contributed by atoms with Gasteiger partial charge in [0.1, 0.15) is 0 Å². The average molecular weight is 231 g/mol. The predicted molar refractivity (Wildman–Crippen MR) is 66.8 cm³/mol. The van der Waals surface area contributed by atoms with Gasteiger partial charge in [0.25, 0.3) is 0 Å². The van der Waals surface area contributed by atoms with Crippen LogP contribution >= 0.6 is 23.5 Å². The van der Waals surface area contributed by atoms with Crippen LogP contribution in [-0.2, 0) is 0 Å². The second-order valence-electron chi connectivity index (χ2n) is 2.83. The second-order valence-corrected chi connectivity index (χ2v) is 4.51. The van der Waals surface area contributed by atoms with Crippen molar-refractivity contribution in [2.24, 2.45) is 4.99 Å². The molecule has 0 aliphatic heterocycles. The minimum absolute atomic E-state index is 0.463. The van der Waals surface area contributed by atoms with Crippen LogP contribution in [0.2, 0.25) is 0 Å². The van der Waals surface area contributed by atoms with Gasteiger partial charge < -0.3 is 4.90 Å². The fourth-order valence-electron chi connectivity index (χ4n) is 1.16. The van der Waals surface area contributed by atoms with E-state index in [2.05, 4.69) is 23.1 Å². The maximum atomic E-state index is 8.52. The van der Waals surface area contributed by atoms with E-state index < -0.39 is 0 Å². The van der Waals surface area contributed by atoms with Crippen molar-refractivity contribution in [3.8, 4) is 6.19 Å². The van der Waals surface area contributed by atoms with Gasteiger partial charge in [-0.25, -0.2) is 0 Å². The molecule has 0 aromatic heterocycles. The first-order chi connectivity index (χ1) is 6.71. The molecule has 1 atom stereocenters. The van der Waals surface area contributed by atoms with Gasteiger partial charge in [-0.1, -0.05) is 18.7 Å². The molecule has 0 N–H and O–H groups in total. The molecule has 3 nitrogen and oxygen atoms in total. The Morgan fingerprint density at radius 2 is 2.21 bits per heavy atom. The van der Waals surface area contributed by atoms with Crippen LogP contribution in [0.25, 0.3) is 0 Å². The van der Waals surface area contributed by atoms with E-state index in [1.54, 1.807) is 0 Å². The smallest absolute Gasteiger partial charge is 0.208 e. The Morgan fingerprint density at radius 3 is 2.57 bits per heavy atom. The third-order valence-corrected chi connectivity index (χ3v) is 3.47. The third-order valence-electron chi connectivity index (χ3n) is 2.01. The molecule has 80 valence electrons. The van der Waals surface area contributed by atoms with Gasteiger partial charge in [0.15, 0.2) is 5.17 Å². The van der Waals surface area contributed by atoms with Crippen molar-refractivity contribution in [1.82, 2.24) is 4.90 Å². The molecule has 0 spiro atoms. The molecule has 0 bridgehead atoms. The maximum Gasteiger partial charge on any atom is 0.208 e. The number of nitrogens with zero attached hydrogens (tertiary/aromatic N) is 3. The van der Waals surface area contributed by atoms with Crippen LogP contribution in [-0.4, -0.2) is 41.4 Å². The SMILES string of the molecule is CCC(CSC)N(C)C(=NC#N)SC. The van der Waals surface area contributed by atoms with E-state index in [1.807, 2.05) is 31.3 Å². The van der Waals surface area contributed by atoms with Gasteiger partial charge in [0.05, 0.1) is 0 Å². The fourth-order valence-corrected chi connectivity index (χ4v) is 2.58. The lowest BCUT2D eigenvalue weighted by Crippen LogP contribution is -2.36.